The van der Waals surface area contributed by atoms with Crippen molar-refractivity contribution in [3.8, 4) is 17.2 Å². The SMILES string of the molecule is COc1ccc(C(=O)O)c(Oc2cnn(C)c2)c1. The molecule has 0 atom stereocenters. The highest BCUT2D eigenvalue weighted by molar-refractivity contribution is 5.91. The normalized spacial score (nSPS) is 10.1. The van der Waals surface area contributed by atoms with E-state index in [4.69, 9.17) is 14.6 Å². The van der Waals surface area contributed by atoms with E-state index in [1.54, 1.807) is 24.0 Å². The first-order valence-corrected chi connectivity index (χ1v) is 5.18. The molecule has 1 aromatic carbocycles. The van der Waals surface area contributed by atoms with E-state index in [-0.39, 0.29) is 11.3 Å². The highest BCUT2D eigenvalue weighted by Gasteiger charge is 2.13. The Kier molecular flexibility index (Phi) is 3.18. The van der Waals surface area contributed by atoms with Crippen LogP contribution in [0.3, 0.4) is 0 Å². The average molecular weight is 248 g/mol. The Hall–Kier alpha value is -2.50. The largest absolute Gasteiger partial charge is 0.497 e. The van der Waals surface area contributed by atoms with Crippen LogP contribution in [0.5, 0.6) is 17.2 Å². The van der Waals surface area contributed by atoms with Crippen LogP contribution in [0.1, 0.15) is 10.4 Å². The Morgan fingerprint density at radius 2 is 2.17 bits per heavy atom. The van der Waals surface area contributed by atoms with Crippen molar-refractivity contribution in [3.63, 3.8) is 0 Å². The Labute approximate surface area is 103 Å². The highest BCUT2D eigenvalue weighted by atomic mass is 16.5. The van der Waals surface area contributed by atoms with Gasteiger partial charge < -0.3 is 14.6 Å². The van der Waals surface area contributed by atoms with Crippen LogP contribution in [0.2, 0.25) is 0 Å². The van der Waals surface area contributed by atoms with Crippen molar-refractivity contribution in [3.05, 3.63) is 36.2 Å². The summed E-state index contributed by atoms with van der Waals surface area (Å²) in [6.07, 6.45) is 3.15. The molecule has 0 saturated heterocycles. The summed E-state index contributed by atoms with van der Waals surface area (Å²) >= 11 is 0. The van der Waals surface area contributed by atoms with E-state index >= 15 is 0 Å². The number of aromatic nitrogens is 2. The molecule has 0 bridgehead atoms. The zero-order valence-electron chi connectivity index (χ0n) is 9.95. The second kappa shape index (κ2) is 4.79. The Bertz CT molecular complexity index is 577. The van der Waals surface area contributed by atoms with Gasteiger partial charge in [0, 0.05) is 13.1 Å². The molecule has 6 heteroatoms. The fraction of sp³-hybridized carbons (Fsp3) is 0.167. The van der Waals surface area contributed by atoms with E-state index < -0.39 is 5.97 Å². The van der Waals surface area contributed by atoms with Gasteiger partial charge in [0.05, 0.1) is 19.5 Å². The summed E-state index contributed by atoms with van der Waals surface area (Å²) in [6, 6.07) is 4.53. The van der Waals surface area contributed by atoms with Crippen LogP contribution in [0, 0.1) is 0 Å². The third kappa shape index (κ3) is 2.42. The number of carbonyl (C=O) groups is 1. The minimum absolute atomic E-state index is 0.0691. The van der Waals surface area contributed by atoms with Gasteiger partial charge in [-0.25, -0.2) is 4.79 Å². The number of methoxy groups -OCH3 is 1. The van der Waals surface area contributed by atoms with Crippen LogP contribution in [-0.2, 0) is 7.05 Å². The zero-order valence-corrected chi connectivity index (χ0v) is 9.95. The van der Waals surface area contributed by atoms with E-state index in [2.05, 4.69) is 5.10 Å². The monoisotopic (exact) mass is 248 g/mol. The first-order chi connectivity index (χ1) is 8.60. The number of carboxylic acids is 1. The minimum atomic E-state index is -1.06. The van der Waals surface area contributed by atoms with E-state index in [1.165, 1.54) is 25.4 Å². The summed E-state index contributed by atoms with van der Waals surface area (Å²) in [6.45, 7) is 0. The van der Waals surface area contributed by atoms with Crippen LogP contribution in [0.4, 0.5) is 0 Å². The van der Waals surface area contributed by atoms with Gasteiger partial charge in [-0.15, -0.1) is 0 Å². The summed E-state index contributed by atoms with van der Waals surface area (Å²) in [5.41, 5.74) is 0.0691. The smallest absolute Gasteiger partial charge is 0.339 e. The van der Waals surface area contributed by atoms with Crippen LogP contribution in [-0.4, -0.2) is 28.0 Å². The first kappa shape index (κ1) is 12.0. The molecule has 1 aromatic heterocycles. The second-order valence-corrected chi connectivity index (χ2v) is 3.62. The van der Waals surface area contributed by atoms with Crippen LogP contribution in [0.25, 0.3) is 0 Å². The van der Waals surface area contributed by atoms with Gasteiger partial charge in [0.2, 0.25) is 0 Å². The van der Waals surface area contributed by atoms with Crippen LogP contribution < -0.4 is 9.47 Å². The molecule has 2 rings (SSSR count). The van der Waals surface area contributed by atoms with E-state index in [1.807, 2.05) is 0 Å². The molecule has 0 aliphatic heterocycles. The maximum atomic E-state index is 11.1. The van der Waals surface area contributed by atoms with Gasteiger partial charge in [-0.2, -0.15) is 5.10 Å². The first-order valence-electron chi connectivity index (χ1n) is 5.18. The Morgan fingerprint density at radius 3 is 2.72 bits per heavy atom. The molecule has 0 amide bonds. The predicted molar refractivity (Wildman–Crippen MR) is 63.2 cm³/mol. The number of ether oxygens (including phenoxy) is 2. The summed E-state index contributed by atoms with van der Waals surface area (Å²) in [5.74, 6) is 0.151. The van der Waals surface area contributed by atoms with Crippen LogP contribution >= 0.6 is 0 Å². The molecular formula is C12H12N2O4. The topological polar surface area (TPSA) is 73.6 Å². The summed E-state index contributed by atoms with van der Waals surface area (Å²) in [7, 11) is 3.25. The lowest BCUT2D eigenvalue weighted by Crippen LogP contribution is -2.00. The molecule has 0 spiro atoms. The number of benzene rings is 1. The van der Waals surface area contributed by atoms with Gasteiger partial charge in [0.15, 0.2) is 5.75 Å². The van der Waals surface area contributed by atoms with E-state index in [0.29, 0.717) is 11.5 Å². The van der Waals surface area contributed by atoms with Crippen molar-refractivity contribution in [1.29, 1.82) is 0 Å². The predicted octanol–water partition coefficient (Wildman–Crippen LogP) is 1.92. The number of nitrogens with zero attached hydrogens (tertiary/aromatic N) is 2. The lowest BCUT2D eigenvalue weighted by Gasteiger charge is -2.08. The summed E-state index contributed by atoms with van der Waals surface area (Å²) < 4.78 is 12.1. The molecule has 0 aliphatic carbocycles. The molecule has 0 radical (unpaired) electrons. The van der Waals surface area contributed by atoms with Crippen molar-refractivity contribution in [1.82, 2.24) is 9.78 Å². The van der Waals surface area contributed by atoms with E-state index in [9.17, 15) is 4.79 Å². The molecule has 18 heavy (non-hydrogen) atoms. The quantitative estimate of drug-likeness (QED) is 0.894. The van der Waals surface area contributed by atoms with Crippen molar-refractivity contribution in [2.24, 2.45) is 7.05 Å². The average Bonchev–Trinajstić information content (AvgIpc) is 2.74. The molecule has 6 nitrogen and oxygen atoms in total. The number of aryl methyl sites for hydroxylation is 1. The Balaban J connectivity index is 2.37. The molecule has 94 valence electrons. The summed E-state index contributed by atoms with van der Waals surface area (Å²) in [4.78, 5) is 11.1. The Morgan fingerprint density at radius 1 is 1.39 bits per heavy atom. The fourth-order valence-electron chi connectivity index (χ4n) is 1.47. The van der Waals surface area contributed by atoms with Crippen molar-refractivity contribution in [2.45, 2.75) is 0 Å². The van der Waals surface area contributed by atoms with Gasteiger partial charge >= 0.3 is 5.97 Å². The molecular weight excluding hydrogens is 236 g/mol. The van der Waals surface area contributed by atoms with Crippen molar-refractivity contribution in [2.75, 3.05) is 7.11 Å². The molecule has 0 unspecified atom stereocenters. The maximum absolute atomic E-state index is 11.1. The molecule has 2 aromatic rings. The molecule has 0 saturated carbocycles. The number of carboxylic acid groups (broad SMARTS) is 1. The molecule has 1 N–H and O–H groups in total. The number of hydrogen-bond donors (Lipinski definition) is 1. The second-order valence-electron chi connectivity index (χ2n) is 3.62. The van der Waals surface area contributed by atoms with Gasteiger partial charge in [-0.3, -0.25) is 4.68 Å². The van der Waals surface area contributed by atoms with Crippen molar-refractivity contribution < 1.29 is 19.4 Å². The molecule has 0 aliphatic rings. The lowest BCUT2D eigenvalue weighted by atomic mass is 10.2. The number of rotatable bonds is 4. The molecule has 0 fully saturated rings. The zero-order chi connectivity index (χ0) is 13.1. The number of hydrogen-bond acceptors (Lipinski definition) is 4. The lowest BCUT2D eigenvalue weighted by molar-refractivity contribution is 0.0694. The third-order valence-corrected chi connectivity index (χ3v) is 2.33. The third-order valence-electron chi connectivity index (χ3n) is 2.33. The highest BCUT2D eigenvalue weighted by Crippen LogP contribution is 2.29. The van der Waals surface area contributed by atoms with Gasteiger partial charge in [0.1, 0.15) is 17.1 Å². The van der Waals surface area contributed by atoms with Gasteiger partial charge in [-0.05, 0) is 12.1 Å². The number of aromatic carboxylic acids is 1. The van der Waals surface area contributed by atoms with E-state index in [0.717, 1.165) is 0 Å². The fourth-order valence-corrected chi connectivity index (χ4v) is 1.47. The van der Waals surface area contributed by atoms with Crippen molar-refractivity contribution >= 4 is 5.97 Å². The van der Waals surface area contributed by atoms with Crippen LogP contribution in [0.15, 0.2) is 30.6 Å². The van der Waals surface area contributed by atoms with Gasteiger partial charge in [-0.1, -0.05) is 0 Å². The molecule has 1 heterocycles. The van der Waals surface area contributed by atoms with Gasteiger partial charge in [0.25, 0.3) is 0 Å². The standard InChI is InChI=1S/C12H12N2O4/c1-14-7-9(6-13-14)18-11-5-8(17-2)3-4-10(11)12(15)16/h3-7H,1-2H3,(H,15,16). The summed E-state index contributed by atoms with van der Waals surface area (Å²) in [5, 5.41) is 13.0. The maximum Gasteiger partial charge on any atom is 0.339 e. The minimum Gasteiger partial charge on any atom is -0.497 e.